The van der Waals surface area contributed by atoms with Gasteiger partial charge in [0.2, 0.25) is 0 Å². The predicted octanol–water partition coefficient (Wildman–Crippen LogP) is 2.46. The van der Waals surface area contributed by atoms with Gasteiger partial charge in [-0.3, -0.25) is 10.1 Å². The van der Waals surface area contributed by atoms with Gasteiger partial charge in [0.05, 0.1) is 17.8 Å². The number of rotatable bonds is 4. The van der Waals surface area contributed by atoms with E-state index in [0.717, 1.165) is 10.9 Å². The molecule has 1 N–H and O–H groups in total. The fraction of sp³-hybridized carbons (Fsp3) is 0.0667. The Kier molecular flexibility index (Phi) is 3.35. The topological polar surface area (TPSA) is 124 Å². The van der Waals surface area contributed by atoms with E-state index in [2.05, 4.69) is 25.7 Å². The van der Waals surface area contributed by atoms with Crippen LogP contribution < -0.4 is 5.43 Å². The van der Waals surface area contributed by atoms with E-state index in [0.29, 0.717) is 11.2 Å². The molecule has 0 unspecified atom stereocenters. The molecule has 1 aromatic carbocycles. The van der Waals surface area contributed by atoms with Crippen molar-refractivity contribution in [1.82, 2.24) is 19.7 Å². The molecule has 10 nitrogen and oxygen atoms in total. The lowest BCUT2D eigenvalue weighted by Gasteiger charge is -1.98. The van der Waals surface area contributed by atoms with Crippen molar-refractivity contribution in [2.45, 2.75) is 0 Å². The van der Waals surface area contributed by atoms with E-state index in [1.807, 2.05) is 35.9 Å². The number of hydrogen-bond donors (Lipinski definition) is 1. The summed E-state index contributed by atoms with van der Waals surface area (Å²) in [5.41, 5.74) is 5.01. The molecule has 0 atom stereocenters. The second-order valence-corrected chi connectivity index (χ2v) is 5.19. The highest BCUT2D eigenvalue weighted by Crippen LogP contribution is 2.24. The molecule has 124 valence electrons. The third-order valence-corrected chi connectivity index (χ3v) is 3.66. The van der Waals surface area contributed by atoms with Crippen LogP contribution in [0.15, 0.2) is 45.9 Å². The standard InChI is InChI=1S/C15H11N7O3/c1-21-11-5-3-2-4-10(11)13-14(21)17-15(20-18-13)19-16-8-9-6-7-12(25-9)22(23)24/h2-8H,1H3,(H,17,19,20)/b16-8+. The first-order chi connectivity index (χ1) is 12.1. The van der Waals surface area contributed by atoms with Crippen molar-refractivity contribution in [2.24, 2.45) is 12.1 Å². The summed E-state index contributed by atoms with van der Waals surface area (Å²) in [6.07, 6.45) is 1.29. The van der Waals surface area contributed by atoms with Gasteiger partial charge >= 0.3 is 5.88 Å². The van der Waals surface area contributed by atoms with Gasteiger partial charge in [-0.15, -0.1) is 10.2 Å². The molecule has 0 aliphatic carbocycles. The van der Waals surface area contributed by atoms with Crippen molar-refractivity contribution >= 4 is 40.1 Å². The lowest BCUT2D eigenvalue weighted by molar-refractivity contribution is -0.402. The molecule has 4 rings (SSSR count). The maximum atomic E-state index is 10.6. The molecule has 0 saturated heterocycles. The van der Waals surface area contributed by atoms with Crippen molar-refractivity contribution in [1.29, 1.82) is 0 Å². The molecule has 0 spiro atoms. The maximum absolute atomic E-state index is 10.6. The minimum Gasteiger partial charge on any atom is -0.400 e. The second kappa shape index (κ2) is 5.67. The fourth-order valence-corrected chi connectivity index (χ4v) is 2.52. The molecule has 0 aliphatic heterocycles. The Labute approximate surface area is 139 Å². The molecule has 25 heavy (non-hydrogen) atoms. The Morgan fingerprint density at radius 3 is 2.92 bits per heavy atom. The summed E-state index contributed by atoms with van der Waals surface area (Å²) in [6, 6.07) is 10.5. The molecule has 0 fully saturated rings. The van der Waals surface area contributed by atoms with Crippen molar-refractivity contribution < 1.29 is 9.34 Å². The van der Waals surface area contributed by atoms with Crippen LogP contribution in [0.5, 0.6) is 0 Å². The number of hydrazone groups is 1. The van der Waals surface area contributed by atoms with Crippen LogP contribution in [0.2, 0.25) is 0 Å². The third kappa shape index (κ3) is 2.55. The minimum atomic E-state index is -0.619. The Morgan fingerprint density at radius 2 is 2.12 bits per heavy atom. The molecular weight excluding hydrogens is 326 g/mol. The van der Waals surface area contributed by atoms with Gasteiger partial charge < -0.3 is 8.98 Å². The number of nitrogens with one attached hydrogen (secondary N) is 1. The van der Waals surface area contributed by atoms with Crippen molar-refractivity contribution in [3.05, 3.63) is 52.3 Å². The van der Waals surface area contributed by atoms with Gasteiger partial charge in [-0.05, 0) is 12.1 Å². The molecule has 4 aromatic rings. The van der Waals surface area contributed by atoms with Crippen LogP contribution in [-0.2, 0) is 7.05 Å². The van der Waals surface area contributed by atoms with Gasteiger partial charge in [-0.2, -0.15) is 10.1 Å². The Morgan fingerprint density at radius 1 is 1.28 bits per heavy atom. The molecular formula is C15H11N7O3. The minimum absolute atomic E-state index is 0.204. The summed E-state index contributed by atoms with van der Waals surface area (Å²) in [4.78, 5) is 14.3. The Balaban J connectivity index is 1.61. The van der Waals surface area contributed by atoms with E-state index in [-0.39, 0.29) is 17.6 Å². The van der Waals surface area contributed by atoms with E-state index >= 15 is 0 Å². The number of fused-ring (bicyclic) bond motifs is 3. The number of para-hydroxylation sites is 1. The van der Waals surface area contributed by atoms with Crippen molar-refractivity contribution in [3.8, 4) is 0 Å². The third-order valence-electron chi connectivity index (χ3n) is 3.66. The van der Waals surface area contributed by atoms with Gasteiger partial charge in [-0.25, -0.2) is 5.43 Å². The highest BCUT2D eigenvalue weighted by molar-refractivity contribution is 6.04. The highest BCUT2D eigenvalue weighted by Gasteiger charge is 2.12. The SMILES string of the molecule is Cn1c2ccccc2c2nnc(N/N=C/c3ccc([N+](=O)[O-])o3)nc21. The summed E-state index contributed by atoms with van der Waals surface area (Å²) in [7, 11) is 1.90. The Hall–Kier alpha value is -3.82. The summed E-state index contributed by atoms with van der Waals surface area (Å²) in [6.45, 7) is 0. The smallest absolute Gasteiger partial charge is 0.400 e. The average Bonchev–Trinajstić information content (AvgIpc) is 3.20. The number of furan rings is 1. The highest BCUT2D eigenvalue weighted by atomic mass is 16.6. The summed E-state index contributed by atoms with van der Waals surface area (Å²) >= 11 is 0. The fourth-order valence-electron chi connectivity index (χ4n) is 2.52. The average molecular weight is 337 g/mol. The molecule has 0 aliphatic rings. The first-order valence-corrected chi connectivity index (χ1v) is 7.24. The van der Waals surface area contributed by atoms with Crippen LogP contribution in [0.4, 0.5) is 11.8 Å². The second-order valence-electron chi connectivity index (χ2n) is 5.19. The monoisotopic (exact) mass is 337 g/mol. The number of nitrogens with zero attached hydrogens (tertiary/aromatic N) is 6. The number of aryl methyl sites for hydroxylation is 1. The normalized spacial score (nSPS) is 11.6. The zero-order chi connectivity index (χ0) is 17.4. The first kappa shape index (κ1) is 14.8. The van der Waals surface area contributed by atoms with Gasteiger partial charge in [0.1, 0.15) is 10.4 Å². The number of nitro groups is 1. The number of aromatic nitrogens is 4. The summed E-state index contributed by atoms with van der Waals surface area (Å²) < 4.78 is 6.88. The van der Waals surface area contributed by atoms with Crippen LogP contribution in [0.25, 0.3) is 22.1 Å². The van der Waals surface area contributed by atoms with Gasteiger partial charge in [0, 0.05) is 12.4 Å². The summed E-state index contributed by atoms with van der Waals surface area (Å²) in [5.74, 6) is 0.0878. The van der Waals surface area contributed by atoms with E-state index in [1.54, 1.807) is 0 Å². The van der Waals surface area contributed by atoms with Gasteiger partial charge in [-0.1, -0.05) is 18.2 Å². The van der Waals surface area contributed by atoms with Crippen LogP contribution in [0.1, 0.15) is 5.76 Å². The molecule has 0 saturated carbocycles. The quantitative estimate of drug-likeness (QED) is 0.344. The summed E-state index contributed by atoms with van der Waals surface area (Å²) in [5, 5.41) is 23.6. The first-order valence-electron chi connectivity index (χ1n) is 7.24. The Bertz CT molecular complexity index is 1130. The van der Waals surface area contributed by atoms with Crippen LogP contribution in [-0.4, -0.2) is 30.9 Å². The van der Waals surface area contributed by atoms with Crippen LogP contribution in [0, 0.1) is 10.1 Å². The number of anilines is 1. The van der Waals surface area contributed by atoms with E-state index in [9.17, 15) is 10.1 Å². The largest absolute Gasteiger partial charge is 0.433 e. The molecule has 10 heteroatoms. The molecule has 3 heterocycles. The molecule has 0 bridgehead atoms. The van der Waals surface area contributed by atoms with Gasteiger partial charge in [0.25, 0.3) is 5.95 Å². The lowest BCUT2D eigenvalue weighted by Crippen LogP contribution is -2.00. The van der Waals surface area contributed by atoms with E-state index in [1.165, 1.54) is 18.3 Å². The molecule has 0 amide bonds. The van der Waals surface area contributed by atoms with Crippen LogP contribution >= 0.6 is 0 Å². The zero-order valence-corrected chi connectivity index (χ0v) is 12.9. The number of hydrogen-bond acceptors (Lipinski definition) is 8. The molecule has 3 aromatic heterocycles. The zero-order valence-electron chi connectivity index (χ0n) is 12.9. The number of benzene rings is 1. The van der Waals surface area contributed by atoms with Crippen LogP contribution in [0.3, 0.4) is 0 Å². The van der Waals surface area contributed by atoms with E-state index < -0.39 is 4.92 Å². The predicted molar refractivity (Wildman–Crippen MR) is 90.4 cm³/mol. The van der Waals surface area contributed by atoms with Crippen molar-refractivity contribution in [3.63, 3.8) is 0 Å². The van der Waals surface area contributed by atoms with E-state index in [4.69, 9.17) is 4.42 Å². The van der Waals surface area contributed by atoms with Crippen molar-refractivity contribution in [2.75, 3.05) is 5.43 Å². The lowest BCUT2D eigenvalue weighted by atomic mass is 10.2. The van der Waals surface area contributed by atoms with Gasteiger partial charge in [0.15, 0.2) is 11.4 Å². The maximum Gasteiger partial charge on any atom is 0.433 e. The molecule has 0 radical (unpaired) electrons.